The number of nitrogens with one attached hydrogen (secondary N) is 1. The van der Waals surface area contributed by atoms with Gasteiger partial charge in [-0.05, 0) is 24.1 Å². The first-order valence-electron chi connectivity index (χ1n) is 7.42. The molecule has 1 aliphatic carbocycles. The Morgan fingerprint density at radius 2 is 1.79 bits per heavy atom. The third-order valence-electron chi connectivity index (χ3n) is 4.02. The lowest BCUT2D eigenvalue weighted by atomic mass is 10.1. The van der Waals surface area contributed by atoms with Gasteiger partial charge in [0, 0.05) is 29.7 Å². The summed E-state index contributed by atoms with van der Waals surface area (Å²) in [6.45, 7) is 0. The van der Waals surface area contributed by atoms with Gasteiger partial charge in [0.2, 0.25) is 5.91 Å². The number of hydrogen-bond acceptors (Lipinski definition) is 3. The smallest absolute Gasteiger partial charge is 0.269 e. The van der Waals surface area contributed by atoms with E-state index < -0.39 is 16.6 Å². The lowest BCUT2D eigenvalue weighted by Gasteiger charge is -2.07. The molecule has 1 fully saturated rings. The molecule has 0 heterocycles. The number of rotatable bonds is 5. The first-order chi connectivity index (χ1) is 11.5. The maximum Gasteiger partial charge on any atom is 0.269 e. The third-order valence-corrected chi connectivity index (χ3v) is 4.02. The number of carbonyl (C=O) groups is 1. The summed E-state index contributed by atoms with van der Waals surface area (Å²) in [5.41, 5.74) is 0.599. The second-order valence-electron chi connectivity index (χ2n) is 5.75. The van der Waals surface area contributed by atoms with Crippen LogP contribution in [0.5, 0.6) is 0 Å². The number of amides is 1. The van der Waals surface area contributed by atoms with Gasteiger partial charge in [0.1, 0.15) is 11.6 Å². The number of hydrogen-bond donors (Lipinski definition) is 1. The molecule has 0 aliphatic heterocycles. The van der Waals surface area contributed by atoms with E-state index in [-0.39, 0.29) is 35.5 Å². The van der Waals surface area contributed by atoms with Crippen LogP contribution in [0, 0.1) is 21.7 Å². The fourth-order valence-corrected chi connectivity index (χ4v) is 2.72. The molecule has 1 aliphatic rings. The highest BCUT2D eigenvalue weighted by Crippen LogP contribution is 2.43. The third kappa shape index (κ3) is 3.40. The van der Waals surface area contributed by atoms with E-state index >= 15 is 0 Å². The zero-order valence-corrected chi connectivity index (χ0v) is 12.5. The molecule has 0 unspecified atom stereocenters. The number of non-ortho nitro benzene ring substituents is 1. The summed E-state index contributed by atoms with van der Waals surface area (Å²) in [6.07, 6.45) is 0.546. The first-order valence-corrected chi connectivity index (χ1v) is 7.42. The predicted octanol–water partition coefficient (Wildman–Crippen LogP) is 3.09. The fraction of sp³-hybridized carbons (Fsp3) is 0.235. The van der Waals surface area contributed by atoms with Gasteiger partial charge in [0.25, 0.3) is 5.69 Å². The summed E-state index contributed by atoms with van der Waals surface area (Å²) < 4.78 is 27.4. The van der Waals surface area contributed by atoms with Crippen molar-refractivity contribution in [2.45, 2.75) is 24.8 Å². The van der Waals surface area contributed by atoms with E-state index in [0.29, 0.717) is 12.0 Å². The van der Waals surface area contributed by atoms with Crippen molar-refractivity contribution in [3.63, 3.8) is 0 Å². The zero-order chi connectivity index (χ0) is 17.3. The molecule has 1 amide bonds. The molecule has 2 atom stereocenters. The van der Waals surface area contributed by atoms with E-state index in [1.165, 1.54) is 42.5 Å². The molecule has 124 valence electrons. The molecule has 0 bridgehead atoms. The number of nitrogens with zero attached hydrogens (tertiary/aromatic N) is 1. The average Bonchev–Trinajstić information content (AvgIpc) is 3.26. The molecule has 24 heavy (non-hydrogen) atoms. The van der Waals surface area contributed by atoms with Gasteiger partial charge >= 0.3 is 0 Å². The van der Waals surface area contributed by atoms with Crippen molar-refractivity contribution in [1.29, 1.82) is 0 Å². The lowest BCUT2D eigenvalue weighted by Crippen LogP contribution is -2.28. The predicted molar refractivity (Wildman–Crippen MR) is 82.4 cm³/mol. The monoisotopic (exact) mass is 332 g/mol. The van der Waals surface area contributed by atoms with Crippen molar-refractivity contribution in [1.82, 2.24) is 5.32 Å². The van der Waals surface area contributed by atoms with E-state index in [1.807, 2.05) is 0 Å². The Hall–Kier alpha value is -2.83. The number of nitro benzene ring substituents is 1. The van der Waals surface area contributed by atoms with Crippen LogP contribution in [0.15, 0.2) is 42.5 Å². The highest BCUT2D eigenvalue weighted by molar-refractivity contribution is 5.79. The SMILES string of the molecule is O=C(Cc1ccc([N+](=O)[O-])cc1)N[C@@H]1C[C@H]1c1c(F)cccc1F. The Bertz CT molecular complexity index is 773. The van der Waals surface area contributed by atoms with E-state index in [9.17, 15) is 23.7 Å². The van der Waals surface area contributed by atoms with Crippen molar-refractivity contribution in [3.05, 3.63) is 75.3 Å². The van der Waals surface area contributed by atoms with Crippen LogP contribution in [0.2, 0.25) is 0 Å². The molecule has 0 radical (unpaired) electrons. The lowest BCUT2D eigenvalue weighted by molar-refractivity contribution is -0.384. The Morgan fingerprint density at radius 3 is 2.38 bits per heavy atom. The quantitative estimate of drug-likeness (QED) is 0.675. The summed E-state index contributed by atoms with van der Waals surface area (Å²) in [5.74, 6) is -1.85. The minimum Gasteiger partial charge on any atom is -0.352 e. The molecule has 1 N–H and O–H groups in total. The van der Waals surface area contributed by atoms with Crippen LogP contribution >= 0.6 is 0 Å². The number of carbonyl (C=O) groups excluding carboxylic acids is 1. The van der Waals surface area contributed by atoms with Crippen LogP contribution < -0.4 is 5.32 Å². The minimum atomic E-state index is -0.605. The molecule has 3 rings (SSSR count). The largest absolute Gasteiger partial charge is 0.352 e. The normalized spacial score (nSPS) is 18.9. The molecule has 0 saturated heterocycles. The van der Waals surface area contributed by atoms with Crippen LogP contribution in [-0.4, -0.2) is 16.9 Å². The second-order valence-corrected chi connectivity index (χ2v) is 5.75. The van der Waals surface area contributed by atoms with Gasteiger partial charge in [0.15, 0.2) is 0 Å². The van der Waals surface area contributed by atoms with Crippen molar-refractivity contribution >= 4 is 11.6 Å². The molecule has 5 nitrogen and oxygen atoms in total. The maximum atomic E-state index is 13.7. The zero-order valence-electron chi connectivity index (χ0n) is 12.5. The molecule has 2 aromatic carbocycles. The van der Waals surface area contributed by atoms with Crippen LogP contribution in [0.3, 0.4) is 0 Å². The van der Waals surface area contributed by atoms with Gasteiger partial charge in [-0.1, -0.05) is 18.2 Å². The van der Waals surface area contributed by atoms with Crippen LogP contribution in [0.1, 0.15) is 23.5 Å². The van der Waals surface area contributed by atoms with Gasteiger partial charge in [-0.3, -0.25) is 14.9 Å². The fourth-order valence-electron chi connectivity index (χ4n) is 2.72. The van der Waals surface area contributed by atoms with Gasteiger partial charge < -0.3 is 5.32 Å². The number of benzene rings is 2. The topological polar surface area (TPSA) is 72.2 Å². The van der Waals surface area contributed by atoms with Crippen molar-refractivity contribution in [3.8, 4) is 0 Å². The Labute approximate surface area is 136 Å². The Balaban J connectivity index is 1.58. The Kier molecular flexibility index (Phi) is 4.24. The summed E-state index contributed by atoms with van der Waals surface area (Å²) >= 11 is 0. The van der Waals surface area contributed by atoms with E-state index in [0.717, 1.165) is 0 Å². The van der Waals surface area contributed by atoms with E-state index in [2.05, 4.69) is 5.32 Å². The molecule has 1 saturated carbocycles. The summed E-state index contributed by atoms with van der Waals surface area (Å²) in [5, 5.41) is 13.3. The van der Waals surface area contributed by atoms with Gasteiger partial charge in [-0.25, -0.2) is 8.78 Å². The average molecular weight is 332 g/mol. The number of nitro groups is 1. The van der Waals surface area contributed by atoms with E-state index in [4.69, 9.17) is 0 Å². The molecular weight excluding hydrogens is 318 g/mol. The number of halogens is 2. The standard InChI is InChI=1S/C17H14F2N2O3/c18-13-2-1-3-14(19)17(13)12-9-15(12)20-16(22)8-10-4-6-11(7-5-10)21(23)24/h1-7,12,15H,8-9H2,(H,20,22)/t12-,15-/m1/s1. The maximum absolute atomic E-state index is 13.7. The molecule has 7 heteroatoms. The summed E-state index contributed by atoms with van der Waals surface area (Å²) in [7, 11) is 0. The molecule has 0 aromatic heterocycles. The van der Waals surface area contributed by atoms with Gasteiger partial charge in [-0.2, -0.15) is 0 Å². The van der Waals surface area contributed by atoms with Crippen LogP contribution in [0.25, 0.3) is 0 Å². The molecular formula is C17H14F2N2O3. The summed E-state index contributed by atoms with van der Waals surface area (Å²) in [4.78, 5) is 22.1. The first kappa shape index (κ1) is 16.0. The van der Waals surface area contributed by atoms with Crippen LogP contribution in [-0.2, 0) is 11.2 Å². The van der Waals surface area contributed by atoms with E-state index in [1.54, 1.807) is 0 Å². The summed E-state index contributed by atoms with van der Waals surface area (Å²) in [6, 6.07) is 9.10. The van der Waals surface area contributed by atoms with Gasteiger partial charge in [-0.15, -0.1) is 0 Å². The van der Waals surface area contributed by atoms with Gasteiger partial charge in [0.05, 0.1) is 11.3 Å². The minimum absolute atomic E-state index is 0.0122. The van der Waals surface area contributed by atoms with Crippen molar-refractivity contribution in [2.75, 3.05) is 0 Å². The van der Waals surface area contributed by atoms with Crippen molar-refractivity contribution < 1.29 is 18.5 Å². The van der Waals surface area contributed by atoms with Crippen LogP contribution in [0.4, 0.5) is 14.5 Å². The highest BCUT2D eigenvalue weighted by atomic mass is 19.1. The molecule has 2 aromatic rings. The Morgan fingerprint density at radius 1 is 1.17 bits per heavy atom. The molecule has 0 spiro atoms. The second kappa shape index (κ2) is 6.35. The highest BCUT2D eigenvalue weighted by Gasteiger charge is 2.42. The van der Waals surface area contributed by atoms with Crippen molar-refractivity contribution in [2.24, 2.45) is 0 Å².